The van der Waals surface area contributed by atoms with Crippen LogP contribution in [0.5, 0.6) is 11.5 Å². The quantitative estimate of drug-likeness (QED) is 0.712. The van der Waals surface area contributed by atoms with E-state index in [0.29, 0.717) is 17.1 Å². The third-order valence-electron chi connectivity index (χ3n) is 5.43. The molecule has 1 fully saturated rings. The first-order valence-corrected chi connectivity index (χ1v) is 9.07. The lowest BCUT2D eigenvalue weighted by atomic mass is 9.91. The van der Waals surface area contributed by atoms with E-state index in [2.05, 4.69) is 5.32 Å². The van der Waals surface area contributed by atoms with Crippen LogP contribution in [0.3, 0.4) is 0 Å². The summed E-state index contributed by atoms with van der Waals surface area (Å²) in [6.07, 6.45) is 0. The molecule has 0 spiro atoms. The molecule has 1 saturated heterocycles. The molecule has 2 aliphatic heterocycles. The summed E-state index contributed by atoms with van der Waals surface area (Å²) >= 11 is 0. The first-order chi connectivity index (χ1) is 13.6. The van der Waals surface area contributed by atoms with Gasteiger partial charge in [-0.1, -0.05) is 48.5 Å². The Balaban J connectivity index is 1.49. The third-order valence-corrected chi connectivity index (χ3v) is 5.43. The van der Waals surface area contributed by atoms with Crippen molar-refractivity contribution in [1.29, 1.82) is 0 Å². The zero-order valence-electron chi connectivity index (χ0n) is 15.3. The van der Waals surface area contributed by atoms with Crippen molar-refractivity contribution in [2.75, 3.05) is 6.79 Å². The van der Waals surface area contributed by atoms with E-state index in [1.807, 2.05) is 42.5 Å². The van der Waals surface area contributed by atoms with E-state index in [1.54, 1.807) is 25.1 Å². The molecule has 1 atom stereocenters. The Hall–Kier alpha value is -3.54. The maximum absolute atomic E-state index is 13.2. The highest BCUT2D eigenvalue weighted by molar-refractivity contribution is 6.07. The zero-order chi connectivity index (χ0) is 19.3. The molecule has 3 aromatic carbocycles. The normalized spacial score (nSPS) is 20.7. The largest absolute Gasteiger partial charge is 0.454 e. The van der Waals surface area contributed by atoms with Crippen molar-refractivity contribution in [3.8, 4) is 11.5 Å². The predicted octanol–water partition coefficient (Wildman–Crippen LogP) is 3.54. The summed E-state index contributed by atoms with van der Waals surface area (Å²) < 4.78 is 10.7. The van der Waals surface area contributed by atoms with E-state index in [1.165, 1.54) is 4.90 Å². The number of hydrogen-bond acceptors (Lipinski definition) is 4. The Kier molecular flexibility index (Phi) is 3.55. The highest BCUT2D eigenvalue weighted by Gasteiger charge is 2.49. The molecule has 1 unspecified atom stereocenters. The molecular weight excluding hydrogens is 356 g/mol. The Bertz CT molecular complexity index is 1120. The molecule has 6 nitrogen and oxygen atoms in total. The molecule has 0 bridgehead atoms. The fourth-order valence-corrected chi connectivity index (χ4v) is 3.84. The van der Waals surface area contributed by atoms with Gasteiger partial charge in [-0.25, -0.2) is 4.79 Å². The third kappa shape index (κ3) is 2.41. The fourth-order valence-electron chi connectivity index (χ4n) is 3.84. The minimum atomic E-state index is -1.15. The van der Waals surface area contributed by atoms with E-state index in [4.69, 9.17) is 9.47 Å². The Morgan fingerprint density at radius 1 is 1.00 bits per heavy atom. The Morgan fingerprint density at radius 3 is 2.68 bits per heavy atom. The fraction of sp³-hybridized carbons (Fsp3) is 0.182. The molecule has 0 aromatic heterocycles. The highest BCUT2D eigenvalue weighted by atomic mass is 16.7. The summed E-state index contributed by atoms with van der Waals surface area (Å²) in [5.41, 5.74) is 0.440. The molecule has 1 N–H and O–H groups in total. The molecule has 0 radical (unpaired) electrons. The Morgan fingerprint density at radius 2 is 1.79 bits per heavy atom. The van der Waals surface area contributed by atoms with E-state index < -0.39 is 11.6 Å². The second kappa shape index (κ2) is 5.99. The molecule has 0 saturated carbocycles. The SMILES string of the molecule is CC1(c2ccc3c(c2)OCO3)NC(=O)N(Cc2cccc3ccccc23)C1=O. The molecule has 28 heavy (non-hydrogen) atoms. The number of fused-ring (bicyclic) bond motifs is 2. The van der Waals surface area contributed by atoms with Crippen molar-refractivity contribution >= 4 is 22.7 Å². The zero-order valence-corrected chi connectivity index (χ0v) is 15.3. The van der Waals surface area contributed by atoms with Crippen LogP contribution in [0.1, 0.15) is 18.1 Å². The van der Waals surface area contributed by atoms with Gasteiger partial charge in [-0.05, 0) is 41.0 Å². The number of ether oxygens (including phenoxy) is 2. The molecule has 2 aliphatic rings. The van der Waals surface area contributed by atoms with Gasteiger partial charge < -0.3 is 14.8 Å². The number of hydrogen-bond donors (Lipinski definition) is 1. The maximum atomic E-state index is 13.2. The van der Waals surface area contributed by atoms with Crippen LogP contribution in [-0.4, -0.2) is 23.6 Å². The summed E-state index contributed by atoms with van der Waals surface area (Å²) in [5.74, 6) is 0.925. The van der Waals surface area contributed by atoms with Crippen LogP contribution in [0.15, 0.2) is 60.7 Å². The number of carbonyl (C=O) groups is 2. The van der Waals surface area contributed by atoms with Crippen molar-refractivity contribution in [2.45, 2.75) is 19.0 Å². The summed E-state index contributed by atoms with van der Waals surface area (Å²) in [7, 11) is 0. The molecule has 2 heterocycles. The summed E-state index contributed by atoms with van der Waals surface area (Å²) in [6.45, 7) is 2.09. The number of amides is 3. The van der Waals surface area contributed by atoms with Gasteiger partial charge >= 0.3 is 6.03 Å². The molecule has 6 heteroatoms. The molecule has 3 aromatic rings. The molecule has 140 valence electrons. The van der Waals surface area contributed by atoms with E-state index in [-0.39, 0.29) is 19.2 Å². The van der Waals surface area contributed by atoms with Crippen molar-refractivity contribution in [3.05, 3.63) is 71.8 Å². The molecule has 0 aliphatic carbocycles. The minimum Gasteiger partial charge on any atom is -0.454 e. The molecular formula is C22H18N2O4. The monoisotopic (exact) mass is 374 g/mol. The number of rotatable bonds is 3. The van der Waals surface area contributed by atoms with Crippen molar-refractivity contribution in [1.82, 2.24) is 10.2 Å². The standard InChI is InChI=1S/C22H18N2O4/c1-22(16-9-10-18-19(11-16)28-13-27-18)20(25)24(21(26)23-22)12-15-7-4-6-14-5-2-3-8-17(14)15/h2-11H,12-13H2,1H3,(H,23,26). The van der Waals surface area contributed by atoms with Gasteiger partial charge in [-0.15, -0.1) is 0 Å². The number of carbonyl (C=O) groups excluding carboxylic acids is 2. The lowest BCUT2D eigenvalue weighted by Gasteiger charge is -2.22. The van der Waals surface area contributed by atoms with Crippen LogP contribution in [0, 0.1) is 0 Å². The van der Waals surface area contributed by atoms with Crippen LogP contribution in [0.25, 0.3) is 10.8 Å². The number of imide groups is 1. The predicted molar refractivity (Wildman–Crippen MR) is 103 cm³/mol. The van der Waals surface area contributed by atoms with Gasteiger partial charge in [-0.3, -0.25) is 9.69 Å². The van der Waals surface area contributed by atoms with Gasteiger partial charge in [0.1, 0.15) is 5.54 Å². The number of benzene rings is 3. The number of urea groups is 1. The summed E-state index contributed by atoms with van der Waals surface area (Å²) in [4.78, 5) is 27.2. The average Bonchev–Trinajstić information content (AvgIpc) is 3.26. The first kappa shape index (κ1) is 16.6. The number of nitrogens with one attached hydrogen (secondary N) is 1. The van der Waals surface area contributed by atoms with Gasteiger partial charge in [0.05, 0.1) is 6.54 Å². The lowest BCUT2D eigenvalue weighted by molar-refractivity contribution is -0.131. The van der Waals surface area contributed by atoms with Gasteiger partial charge in [0.2, 0.25) is 6.79 Å². The topological polar surface area (TPSA) is 67.9 Å². The highest BCUT2D eigenvalue weighted by Crippen LogP contribution is 2.38. The first-order valence-electron chi connectivity index (χ1n) is 9.07. The van der Waals surface area contributed by atoms with Crippen LogP contribution >= 0.6 is 0 Å². The molecule has 5 rings (SSSR count). The smallest absolute Gasteiger partial charge is 0.325 e. The van der Waals surface area contributed by atoms with Gasteiger partial charge in [0.25, 0.3) is 5.91 Å². The van der Waals surface area contributed by atoms with Crippen molar-refractivity contribution < 1.29 is 19.1 Å². The second-order valence-electron chi connectivity index (χ2n) is 7.15. The summed E-state index contributed by atoms with van der Waals surface area (Å²) in [5, 5.41) is 4.95. The average molecular weight is 374 g/mol. The summed E-state index contributed by atoms with van der Waals surface area (Å²) in [6, 6.07) is 18.7. The van der Waals surface area contributed by atoms with E-state index >= 15 is 0 Å². The van der Waals surface area contributed by atoms with E-state index in [0.717, 1.165) is 16.3 Å². The lowest BCUT2D eigenvalue weighted by Crippen LogP contribution is -2.40. The van der Waals surface area contributed by atoms with Crippen LogP contribution in [0.2, 0.25) is 0 Å². The maximum Gasteiger partial charge on any atom is 0.325 e. The van der Waals surface area contributed by atoms with Gasteiger partial charge in [-0.2, -0.15) is 0 Å². The van der Waals surface area contributed by atoms with Gasteiger partial charge in [0.15, 0.2) is 11.5 Å². The van der Waals surface area contributed by atoms with Crippen LogP contribution in [-0.2, 0) is 16.9 Å². The Labute approximate surface area is 161 Å². The van der Waals surface area contributed by atoms with Gasteiger partial charge in [0, 0.05) is 0 Å². The van der Waals surface area contributed by atoms with E-state index in [9.17, 15) is 9.59 Å². The minimum absolute atomic E-state index is 0.156. The van der Waals surface area contributed by atoms with Crippen LogP contribution in [0.4, 0.5) is 4.79 Å². The van der Waals surface area contributed by atoms with Crippen molar-refractivity contribution in [2.24, 2.45) is 0 Å². The van der Waals surface area contributed by atoms with Crippen molar-refractivity contribution in [3.63, 3.8) is 0 Å². The van der Waals surface area contributed by atoms with Crippen LogP contribution < -0.4 is 14.8 Å². The second-order valence-corrected chi connectivity index (χ2v) is 7.15. The molecule has 3 amide bonds. The number of nitrogens with zero attached hydrogens (tertiary/aromatic N) is 1.